The Balaban J connectivity index is 0. The van der Waals surface area contributed by atoms with Gasteiger partial charge in [-0.25, -0.2) is 0 Å². The molecule has 0 fully saturated rings. The van der Waals surface area contributed by atoms with Gasteiger partial charge in [-0.15, -0.1) is 0 Å². The van der Waals surface area contributed by atoms with Gasteiger partial charge in [0.25, 0.3) is 0 Å². The number of hydrogen-bond acceptors (Lipinski definition) is 3. The van der Waals surface area contributed by atoms with Crippen molar-refractivity contribution in [2.45, 2.75) is 143 Å². The molecule has 0 aromatic rings. The third kappa shape index (κ3) is 13.6. The summed E-state index contributed by atoms with van der Waals surface area (Å²) >= 11 is 0. The molecule has 0 rings (SSSR count). The molecular weight excluding hydrogens is 462 g/mol. The summed E-state index contributed by atoms with van der Waals surface area (Å²) in [6.45, 7) is 12.6. The minimum absolute atomic E-state index is 0. The predicted octanol–water partition coefficient (Wildman–Crippen LogP) is 5.30. The largest absolute Gasteiger partial charge is 1.00 e. The highest BCUT2D eigenvalue weighted by Gasteiger charge is 2.56. The second-order valence-electron chi connectivity index (χ2n) is 10.0. The van der Waals surface area contributed by atoms with Gasteiger partial charge in [-0.05, 0) is 26.7 Å². The van der Waals surface area contributed by atoms with Crippen LogP contribution in [0.3, 0.4) is 0 Å². The Morgan fingerprint density at radius 3 is 1.12 bits per heavy atom. The van der Waals surface area contributed by atoms with Crippen molar-refractivity contribution >= 4 is 8.80 Å². The second kappa shape index (κ2) is 23.7. The molecule has 0 N–H and O–H groups in total. The van der Waals surface area contributed by atoms with Crippen LogP contribution in [0.1, 0.15) is 137 Å². The van der Waals surface area contributed by atoms with Gasteiger partial charge >= 0.3 is 8.80 Å². The number of halogens is 1. The highest BCUT2D eigenvalue weighted by Crippen LogP contribution is 2.28. The summed E-state index contributed by atoms with van der Waals surface area (Å²) in [4.78, 5) is 0. The molecule has 6 heteroatoms. The van der Waals surface area contributed by atoms with Gasteiger partial charge in [0.05, 0.1) is 19.6 Å². The van der Waals surface area contributed by atoms with Crippen LogP contribution >= 0.6 is 0 Å². The maximum absolute atomic E-state index is 5.91. The Hall–Kier alpha value is 0.347. The standard InChI is InChI=1S/C28H62NO3Si.ClH/c1-8-12-13-14-15-16-17-18-19-20-21-22-23-24-25-26-27-29(10-3,11-4)28(9-2)33(30-5,31-6)32-7;/h28H,8-27H2,1-7H3;1H/q+1;/p-1. The highest BCUT2D eigenvalue weighted by atomic mass is 35.5. The Bertz CT molecular complexity index is 412. The number of quaternary nitrogens is 1. The van der Waals surface area contributed by atoms with Crippen molar-refractivity contribution in [1.29, 1.82) is 0 Å². The fourth-order valence-electron chi connectivity index (χ4n) is 5.74. The number of rotatable bonds is 25. The van der Waals surface area contributed by atoms with E-state index in [4.69, 9.17) is 13.3 Å². The van der Waals surface area contributed by atoms with Gasteiger partial charge in [0, 0.05) is 27.8 Å². The molecule has 0 aliphatic heterocycles. The maximum Gasteiger partial charge on any atom is 0.561 e. The fourth-order valence-corrected chi connectivity index (χ4v) is 8.72. The van der Waals surface area contributed by atoms with Crippen molar-refractivity contribution < 1.29 is 30.2 Å². The van der Waals surface area contributed by atoms with E-state index in [2.05, 4.69) is 27.7 Å². The van der Waals surface area contributed by atoms with Gasteiger partial charge in [0.15, 0.2) is 5.67 Å². The molecule has 0 aromatic heterocycles. The van der Waals surface area contributed by atoms with E-state index in [0.29, 0.717) is 5.67 Å². The first-order chi connectivity index (χ1) is 16.1. The summed E-state index contributed by atoms with van der Waals surface area (Å²) in [7, 11) is 2.62. The first-order valence-electron chi connectivity index (χ1n) is 14.6. The van der Waals surface area contributed by atoms with Crippen LogP contribution in [0.5, 0.6) is 0 Å². The minimum Gasteiger partial charge on any atom is -1.00 e. The van der Waals surface area contributed by atoms with E-state index >= 15 is 0 Å². The summed E-state index contributed by atoms with van der Waals surface area (Å²) in [5.74, 6) is 0. The molecular formula is C28H62ClNO3Si. The molecule has 0 aromatic carbocycles. The third-order valence-corrected chi connectivity index (χ3v) is 11.5. The van der Waals surface area contributed by atoms with Gasteiger partial charge in [-0.3, -0.25) is 0 Å². The third-order valence-electron chi connectivity index (χ3n) is 8.03. The number of nitrogens with zero attached hydrogens (tertiary/aromatic N) is 1. The van der Waals surface area contributed by atoms with E-state index in [0.717, 1.165) is 24.0 Å². The topological polar surface area (TPSA) is 27.7 Å². The molecule has 0 saturated carbocycles. The van der Waals surface area contributed by atoms with E-state index in [1.807, 2.05) is 0 Å². The van der Waals surface area contributed by atoms with Crippen molar-refractivity contribution in [3.8, 4) is 0 Å². The molecule has 34 heavy (non-hydrogen) atoms. The number of unbranched alkanes of at least 4 members (excludes halogenated alkanes) is 15. The molecule has 1 unspecified atom stereocenters. The SMILES string of the molecule is CCCCCCCCCCCCCCCCCC[N+](CC)(CC)C(CC)[Si](OC)(OC)OC.[Cl-]. The maximum atomic E-state index is 5.91. The molecule has 208 valence electrons. The molecule has 0 spiro atoms. The summed E-state index contributed by atoms with van der Waals surface area (Å²) in [6, 6.07) is 0. The zero-order chi connectivity index (χ0) is 24.8. The van der Waals surface area contributed by atoms with Crippen molar-refractivity contribution in [1.82, 2.24) is 0 Å². The predicted molar refractivity (Wildman–Crippen MR) is 147 cm³/mol. The van der Waals surface area contributed by atoms with Gasteiger partial charge in [0.1, 0.15) is 0 Å². The minimum atomic E-state index is -2.66. The molecule has 0 saturated heterocycles. The first-order valence-corrected chi connectivity index (χ1v) is 16.4. The summed E-state index contributed by atoms with van der Waals surface area (Å²) < 4.78 is 18.8. The van der Waals surface area contributed by atoms with Crippen LogP contribution in [0.15, 0.2) is 0 Å². The lowest BCUT2D eigenvalue weighted by atomic mass is 10.0. The molecule has 0 amide bonds. The second-order valence-corrected chi connectivity index (χ2v) is 13.1. The van der Waals surface area contributed by atoms with E-state index in [1.165, 1.54) is 109 Å². The van der Waals surface area contributed by atoms with Gasteiger partial charge in [-0.2, -0.15) is 0 Å². The molecule has 0 bridgehead atoms. The van der Waals surface area contributed by atoms with Gasteiger partial charge < -0.3 is 30.2 Å². The van der Waals surface area contributed by atoms with Gasteiger partial charge in [-0.1, -0.05) is 104 Å². The van der Waals surface area contributed by atoms with Crippen LogP contribution in [0.4, 0.5) is 0 Å². The Morgan fingerprint density at radius 1 is 0.529 bits per heavy atom. The lowest BCUT2D eigenvalue weighted by Gasteiger charge is -2.47. The van der Waals surface area contributed by atoms with E-state index in [1.54, 1.807) is 21.3 Å². The monoisotopic (exact) mass is 523 g/mol. The average molecular weight is 524 g/mol. The van der Waals surface area contributed by atoms with Crippen molar-refractivity contribution in [2.75, 3.05) is 41.0 Å². The van der Waals surface area contributed by atoms with E-state index in [9.17, 15) is 0 Å². The normalized spacial score (nSPS) is 13.1. The van der Waals surface area contributed by atoms with Crippen LogP contribution in [0.25, 0.3) is 0 Å². The van der Waals surface area contributed by atoms with Crippen LogP contribution in [-0.2, 0) is 13.3 Å². The van der Waals surface area contributed by atoms with E-state index < -0.39 is 8.80 Å². The van der Waals surface area contributed by atoms with Crippen LogP contribution < -0.4 is 12.4 Å². The molecule has 0 aliphatic rings. The first kappa shape index (κ1) is 36.5. The van der Waals surface area contributed by atoms with Crippen molar-refractivity contribution in [3.05, 3.63) is 0 Å². The van der Waals surface area contributed by atoms with Crippen molar-refractivity contribution in [3.63, 3.8) is 0 Å². The lowest BCUT2D eigenvalue weighted by molar-refractivity contribution is -0.940. The quantitative estimate of drug-likeness (QED) is 0.0922. The smallest absolute Gasteiger partial charge is 0.561 e. The van der Waals surface area contributed by atoms with Crippen LogP contribution in [-0.4, -0.2) is 59.9 Å². The summed E-state index contributed by atoms with van der Waals surface area (Å²) in [5, 5.41) is 0. The van der Waals surface area contributed by atoms with E-state index in [-0.39, 0.29) is 12.4 Å². The average Bonchev–Trinajstić information content (AvgIpc) is 2.85. The Labute approximate surface area is 222 Å². The fraction of sp³-hybridized carbons (Fsp3) is 1.00. The van der Waals surface area contributed by atoms with Crippen molar-refractivity contribution in [2.24, 2.45) is 0 Å². The lowest BCUT2D eigenvalue weighted by Crippen LogP contribution is -3.00. The molecule has 0 radical (unpaired) electrons. The zero-order valence-corrected chi connectivity index (χ0v) is 26.0. The summed E-state index contributed by atoms with van der Waals surface area (Å²) in [6.07, 6.45) is 23.7. The molecule has 0 heterocycles. The Kier molecular flexibility index (Phi) is 25.5. The van der Waals surface area contributed by atoms with Crippen LogP contribution in [0, 0.1) is 0 Å². The molecule has 0 aliphatic carbocycles. The Morgan fingerprint density at radius 2 is 0.853 bits per heavy atom. The molecule has 4 nitrogen and oxygen atoms in total. The van der Waals surface area contributed by atoms with Crippen LogP contribution in [0.2, 0.25) is 0 Å². The zero-order valence-electron chi connectivity index (χ0n) is 24.3. The molecule has 1 atom stereocenters. The summed E-state index contributed by atoms with van der Waals surface area (Å²) in [5.41, 5.74) is 0.309. The highest BCUT2D eigenvalue weighted by molar-refractivity contribution is 6.62. The number of hydrogen-bond donors (Lipinski definition) is 0. The van der Waals surface area contributed by atoms with Gasteiger partial charge in [0.2, 0.25) is 0 Å².